The summed E-state index contributed by atoms with van der Waals surface area (Å²) in [5.74, 6) is 1.78. The van der Waals surface area contributed by atoms with Gasteiger partial charge in [0.25, 0.3) is 0 Å². The zero-order chi connectivity index (χ0) is 17.4. The molecule has 1 aliphatic carbocycles. The molecule has 0 bridgehead atoms. The van der Waals surface area contributed by atoms with E-state index in [1.165, 1.54) is 12.8 Å². The Hall–Kier alpha value is -1.63. The van der Waals surface area contributed by atoms with Crippen molar-refractivity contribution in [2.45, 2.75) is 51.5 Å². The van der Waals surface area contributed by atoms with Gasteiger partial charge >= 0.3 is 6.03 Å². The van der Waals surface area contributed by atoms with Gasteiger partial charge < -0.3 is 19.5 Å². The second kappa shape index (κ2) is 6.59. The van der Waals surface area contributed by atoms with Crippen molar-refractivity contribution in [3.63, 3.8) is 0 Å². The second-order valence-electron chi connectivity index (χ2n) is 8.32. The van der Waals surface area contributed by atoms with E-state index in [1.54, 1.807) is 0 Å². The Morgan fingerprint density at radius 3 is 2.84 bits per heavy atom. The highest BCUT2D eigenvalue weighted by Gasteiger charge is 2.51. The van der Waals surface area contributed by atoms with E-state index in [1.807, 2.05) is 11.2 Å². The fraction of sp³-hybridized carbons (Fsp3) is 0.833. The van der Waals surface area contributed by atoms with Gasteiger partial charge in [-0.2, -0.15) is 0 Å². The number of nitrogens with zero attached hydrogens (tertiary/aromatic N) is 4. The first-order valence-corrected chi connectivity index (χ1v) is 9.59. The summed E-state index contributed by atoms with van der Waals surface area (Å²) in [4.78, 5) is 14.7. The molecule has 2 amide bonds. The SMILES string of the molecule is CC(C)CNC(=O)N1CC(c2nncn2C2CC2)C2(CCOCC2)C1. The summed E-state index contributed by atoms with van der Waals surface area (Å²) >= 11 is 0. The maximum absolute atomic E-state index is 12.7. The van der Waals surface area contributed by atoms with Crippen molar-refractivity contribution in [3.05, 3.63) is 12.2 Å². The first kappa shape index (κ1) is 16.8. The summed E-state index contributed by atoms with van der Waals surface area (Å²) in [5.41, 5.74) is 0.0765. The number of carbonyl (C=O) groups is 1. The number of carbonyl (C=O) groups excluding carboxylic acids is 1. The minimum Gasteiger partial charge on any atom is -0.381 e. The Labute approximate surface area is 149 Å². The number of ether oxygens (including phenoxy) is 1. The van der Waals surface area contributed by atoms with Gasteiger partial charge in [0.05, 0.1) is 0 Å². The lowest BCUT2D eigenvalue weighted by Gasteiger charge is -2.37. The molecule has 0 radical (unpaired) electrons. The third-order valence-corrected chi connectivity index (χ3v) is 5.94. The summed E-state index contributed by atoms with van der Waals surface area (Å²) in [6, 6.07) is 0.616. The number of nitrogens with one attached hydrogen (secondary N) is 1. The van der Waals surface area contributed by atoms with Gasteiger partial charge in [-0.05, 0) is 31.6 Å². The number of rotatable bonds is 4. The molecule has 7 nitrogen and oxygen atoms in total. The monoisotopic (exact) mass is 347 g/mol. The van der Waals surface area contributed by atoms with Crippen LogP contribution < -0.4 is 5.32 Å². The number of urea groups is 1. The van der Waals surface area contributed by atoms with Gasteiger partial charge in [0.15, 0.2) is 0 Å². The van der Waals surface area contributed by atoms with Crippen LogP contribution in [0.25, 0.3) is 0 Å². The fourth-order valence-corrected chi connectivity index (χ4v) is 4.30. The molecular formula is C18H29N5O2. The van der Waals surface area contributed by atoms with Crippen molar-refractivity contribution in [1.82, 2.24) is 25.0 Å². The lowest BCUT2D eigenvalue weighted by molar-refractivity contribution is 0.0119. The highest BCUT2D eigenvalue weighted by Crippen LogP contribution is 2.50. The molecule has 1 saturated carbocycles. The first-order chi connectivity index (χ1) is 12.1. The minimum atomic E-state index is 0.0551. The lowest BCUT2D eigenvalue weighted by Crippen LogP contribution is -2.42. The van der Waals surface area contributed by atoms with Crippen LogP contribution in [0.2, 0.25) is 0 Å². The van der Waals surface area contributed by atoms with Crippen molar-refractivity contribution in [2.24, 2.45) is 11.3 Å². The van der Waals surface area contributed by atoms with Crippen LogP contribution in [-0.4, -0.2) is 58.5 Å². The van der Waals surface area contributed by atoms with Crippen molar-refractivity contribution < 1.29 is 9.53 Å². The van der Waals surface area contributed by atoms with Gasteiger partial charge in [-0.1, -0.05) is 13.8 Å². The van der Waals surface area contributed by atoms with Gasteiger partial charge in [0.2, 0.25) is 0 Å². The summed E-state index contributed by atoms with van der Waals surface area (Å²) in [6.07, 6.45) is 6.28. The molecule has 2 aliphatic heterocycles. The third kappa shape index (κ3) is 3.26. The number of aromatic nitrogens is 3. The number of amides is 2. The molecule has 1 spiro atoms. The number of likely N-dealkylation sites (tertiary alicyclic amines) is 1. The predicted molar refractivity (Wildman–Crippen MR) is 93.3 cm³/mol. The van der Waals surface area contributed by atoms with Gasteiger partial charge in [-0.25, -0.2) is 4.79 Å². The maximum atomic E-state index is 12.7. The molecule has 25 heavy (non-hydrogen) atoms. The van der Waals surface area contributed by atoms with E-state index in [4.69, 9.17) is 4.74 Å². The van der Waals surface area contributed by atoms with Crippen molar-refractivity contribution in [3.8, 4) is 0 Å². The third-order valence-electron chi connectivity index (χ3n) is 5.94. The summed E-state index contributed by atoms with van der Waals surface area (Å²) in [5, 5.41) is 11.8. The van der Waals surface area contributed by atoms with Crippen molar-refractivity contribution in [2.75, 3.05) is 32.8 Å². The molecule has 1 aromatic rings. The second-order valence-corrected chi connectivity index (χ2v) is 8.32. The van der Waals surface area contributed by atoms with Crippen molar-refractivity contribution in [1.29, 1.82) is 0 Å². The van der Waals surface area contributed by atoms with E-state index in [0.717, 1.165) is 45.0 Å². The van der Waals surface area contributed by atoms with Crippen LogP contribution in [0.15, 0.2) is 6.33 Å². The standard InChI is InChI=1S/C18H29N5O2/c1-13(2)9-19-17(24)22-10-15(18(11-22)5-7-25-8-6-18)16-21-20-12-23(16)14-3-4-14/h12-15H,3-11H2,1-2H3,(H,19,24). The maximum Gasteiger partial charge on any atom is 0.317 e. The normalized spacial score (nSPS) is 25.7. The lowest BCUT2D eigenvalue weighted by atomic mass is 9.71. The van der Waals surface area contributed by atoms with Gasteiger partial charge in [-0.3, -0.25) is 0 Å². The predicted octanol–water partition coefficient (Wildman–Crippen LogP) is 2.17. The Bertz CT molecular complexity index is 619. The minimum absolute atomic E-state index is 0.0551. The quantitative estimate of drug-likeness (QED) is 0.906. The molecule has 2 saturated heterocycles. The van der Waals surface area contributed by atoms with Gasteiger partial charge in [-0.15, -0.1) is 10.2 Å². The molecule has 7 heteroatoms. The fourth-order valence-electron chi connectivity index (χ4n) is 4.30. The van der Waals surface area contributed by atoms with Crippen LogP contribution in [0.5, 0.6) is 0 Å². The van der Waals surface area contributed by atoms with Gasteiger partial charge in [0, 0.05) is 50.2 Å². The smallest absolute Gasteiger partial charge is 0.317 e. The Kier molecular flexibility index (Phi) is 4.43. The van der Waals surface area contributed by atoms with Crippen LogP contribution in [-0.2, 0) is 4.74 Å². The van der Waals surface area contributed by atoms with Gasteiger partial charge in [0.1, 0.15) is 12.2 Å². The van der Waals surface area contributed by atoms with Crippen LogP contribution in [0, 0.1) is 11.3 Å². The average molecular weight is 347 g/mol. The van der Waals surface area contributed by atoms with Crippen LogP contribution in [0.1, 0.15) is 57.3 Å². The molecular weight excluding hydrogens is 318 g/mol. The summed E-state index contributed by atoms with van der Waals surface area (Å²) < 4.78 is 7.89. The highest BCUT2D eigenvalue weighted by atomic mass is 16.5. The zero-order valence-electron chi connectivity index (χ0n) is 15.3. The molecule has 1 unspecified atom stereocenters. The summed E-state index contributed by atoms with van der Waals surface area (Å²) in [7, 11) is 0. The zero-order valence-corrected chi connectivity index (χ0v) is 15.3. The Morgan fingerprint density at radius 2 is 2.16 bits per heavy atom. The Morgan fingerprint density at radius 1 is 1.40 bits per heavy atom. The molecule has 4 rings (SSSR count). The molecule has 1 aromatic heterocycles. The molecule has 3 fully saturated rings. The van der Waals surface area contributed by atoms with E-state index in [0.29, 0.717) is 18.5 Å². The molecule has 3 heterocycles. The van der Waals surface area contributed by atoms with Crippen molar-refractivity contribution >= 4 is 6.03 Å². The topological polar surface area (TPSA) is 72.3 Å². The van der Waals surface area contributed by atoms with E-state index in [2.05, 4.69) is 33.9 Å². The largest absolute Gasteiger partial charge is 0.381 e. The van der Waals surface area contributed by atoms with Crippen LogP contribution in [0.4, 0.5) is 4.79 Å². The summed E-state index contributed by atoms with van der Waals surface area (Å²) in [6.45, 7) is 8.02. The van der Waals surface area contributed by atoms with E-state index in [9.17, 15) is 4.79 Å². The molecule has 1 atom stereocenters. The first-order valence-electron chi connectivity index (χ1n) is 9.59. The Balaban J connectivity index is 1.57. The van der Waals surface area contributed by atoms with E-state index in [-0.39, 0.29) is 17.4 Å². The molecule has 138 valence electrons. The number of hydrogen-bond acceptors (Lipinski definition) is 4. The molecule has 1 N–H and O–H groups in total. The number of hydrogen-bond donors (Lipinski definition) is 1. The van der Waals surface area contributed by atoms with Crippen LogP contribution >= 0.6 is 0 Å². The molecule has 3 aliphatic rings. The van der Waals surface area contributed by atoms with E-state index < -0.39 is 0 Å². The average Bonchev–Trinajstić information content (AvgIpc) is 3.23. The van der Waals surface area contributed by atoms with Crippen LogP contribution in [0.3, 0.4) is 0 Å². The molecule has 0 aromatic carbocycles. The van der Waals surface area contributed by atoms with E-state index >= 15 is 0 Å². The highest BCUT2D eigenvalue weighted by molar-refractivity contribution is 5.74.